The van der Waals surface area contributed by atoms with Crippen molar-refractivity contribution in [3.05, 3.63) is 15.6 Å². The van der Waals surface area contributed by atoms with E-state index in [1.165, 1.54) is 23.4 Å². The molecule has 1 aromatic heterocycles. The molecule has 0 saturated heterocycles. The van der Waals surface area contributed by atoms with E-state index in [4.69, 9.17) is 15.5 Å². The molecule has 1 fully saturated rings. The van der Waals surface area contributed by atoms with Crippen LogP contribution in [0.5, 0.6) is 0 Å². The number of nitrogens with zero attached hydrogens (tertiary/aromatic N) is 1. The minimum absolute atomic E-state index is 0.160. The monoisotopic (exact) mass is 240 g/mol. The lowest BCUT2D eigenvalue weighted by Crippen LogP contribution is -2.00. The number of ether oxygens (including phenoxy) is 1. The number of methoxy groups -OCH3 is 1. The zero-order valence-corrected chi connectivity index (χ0v) is 10.8. The number of hydrogen-bond donors (Lipinski definition) is 1. The summed E-state index contributed by atoms with van der Waals surface area (Å²) in [6, 6.07) is 0. The highest BCUT2D eigenvalue weighted by atomic mass is 32.1. The van der Waals surface area contributed by atoms with Crippen molar-refractivity contribution in [3.63, 3.8) is 0 Å². The molecule has 0 radical (unpaired) electrons. The van der Waals surface area contributed by atoms with Gasteiger partial charge in [0, 0.05) is 24.4 Å². The van der Waals surface area contributed by atoms with Crippen LogP contribution in [0.15, 0.2) is 0 Å². The lowest BCUT2D eigenvalue weighted by molar-refractivity contribution is 0.0946. The highest BCUT2D eigenvalue weighted by Gasteiger charge is 2.30. The maximum absolute atomic E-state index is 5.77. The summed E-state index contributed by atoms with van der Waals surface area (Å²) < 4.78 is 5.50. The van der Waals surface area contributed by atoms with E-state index in [0.29, 0.717) is 12.5 Å². The Morgan fingerprint density at radius 1 is 1.56 bits per heavy atom. The second-order valence-corrected chi connectivity index (χ2v) is 5.47. The molecule has 3 nitrogen and oxygen atoms in total. The molecule has 1 unspecified atom stereocenters. The first-order valence-electron chi connectivity index (χ1n) is 6.02. The molecular formula is C12H20N2OS. The van der Waals surface area contributed by atoms with Gasteiger partial charge >= 0.3 is 0 Å². The van der Waals surface area contributed by atoms with Gasteiger partial charge in [-0.1, -0.05) is 13.3 Å². The first kappa shape index (κ1) is 12.0. The van der Waals surface area contributed by atoms with Crippen LogP contribution in [0.25, 0.3) is 0 Å². The summed E-state index contributed by atoms with van der Waals surface area (Å²) in [5, 5.41) is 1.12. The van der Waals surface area contributed by atoms with E-state index < -0.39 is 0 Å². The zero-order valence-electron chi connectivity index (χ0n) is 10.0. The highest BCUT2D eigenvalue weighted by Crippen LogP contribution is 2.43. The molecule has 2 rings (SSSR count). The predicted octanol–water partition coefficient (Wildman–Crippen LogP) is 2.97. The molecule has 1 aromatic rings. The normalized spacial score (nSPS) is 17.7. The lowest BCUT2D eigenvalue weighted by atomic mass is 10.2. The van der Waals surface area contributed by atoms with Gasteiger partial charge in [-0.15, -0.1) is 11.3 Å². The fraction of sp³-hybridized carbons (Fsp3) is 0.750. The molecule has 1 aliphatic rings. The van der Waals surface area contributed by atoms with E-state index in [1.807, 2.05) is 0 Å². The summed E-state index contributed by atoms with van der Waals surface area (Å²) in [5.74, 6) is 0.683. The Hall–Kier alpha value is -0.450. The van der Waals surface area contributed by atoms with Crippen molar-refractivity contribution in [2.24, 2.45) is 5.73 Å². The van der Waals surface area contributed by atoms with E-state index in [1.54, 1.807) is 18.4 Å². The van der Waals surface area contributed by atoms with Crippen molar-refractivity contribution in [2.45, 2.75) is 51.2 Å². The number of aromatic nitrogens is 1. The van der Waals surface area contributed by atoms with Crippen molar-refractivity contribution in [2.75, 3.05) is 7.11 Å². The van der Waals surface area contributed by atoms with Crippen molar-refractivity contribution in [1.82, 2.24) is 4.98 Å². The van der Waals surface area contributed by atoms with E-state index in [-0.39, 0.29) is 6.10 Å². The standard InChI is InChI=1S/C12H20N2OS/c1-3-4-9(15-2)12-14-11(8-5-6-8)10(7-13)16-12/h8-9H,3-7,13H2,1-2H3. The predicted molar refractivity (Wildman–Crippen MR) is 66.6 cm³/mol. The van der Waals surface area contributed by atoms with Gasteiger partial charge in [0.25, 0.3) is 0 Å². The smallest absolute Gasteiger partial charge is 0.122 e. The second-order valence-electron chi connectivity index (χ2n) is 4.35. The van der Waals surface area contributed by atoms with Gasteiger partial charge in [-0.2, -0.15) is 0 Å². The van der Waals surface area contributed by atoms with E-state index in [2.05, 4.69) is 6.92 Å². The maximum atomic E-state index is 5.77. The van der Waals surface area contributed by atoms with Crippen LogP contribution >= 0.6 is 11.3 Å². The van der Waals surface area contributed by atoms with Crippen LogP contribution in [-0.4, -0.2) is 12.1 Å². The Balaban J connectivity index is 2.19. The molecule has 0 aliphatic heterocycles. The number of hydrogen-bond acceptors (Lipinski definition) is 4. The zero-order chi connectivity index (χ0) is 11.5. The molecule has 0 spiro atoms. The lowest BCUT2D eigenvalue weighted by Gasteiger charge is -2.10. The Bertz CT molecular complexity index is 347. The third kappa shape index (κ3) is 2.44. The number of thiazole rings is 1. The second kappa shape index (κ2) is 5.25. The Morgan fingerprint density at radius 2 is 2.31 bits per heavy atom. The highest BCUT2D eigenvalue weighted by molar-refractivity contribution is 7.11. The largest absolute Gasteiger partial charge is 0.374 e. The van der Waals surface area contributed by atoms with Gasteiger partial charge in [-0.3, -0.25) is 0 Å². The van der Waals surface area contributed by atoms with Crippen LogP contribution in [0, 0.1) is 0 Å². The molecule has 0 amide bonds. The fourth-order valence-corrected chi connectivity index (χ4v) is 3.09. The first-order chi connectivity index (χ1) is 7.80. The number of nitrogens with two attached hydrogens (primary N) is 1. The van der Waals surface area contributed by atoms with E-state index in [0.717, 1.165) is 17.8 Å². The van der Waals surface area contributed by atoms with Gasteiger partial charge in [0.05, 0.1) is 5.69 Å². The van der Waals surface area contributed by atoms with Crippen molar-refractivity contribution >= 4 is 11.3 Å². The van der Waals surface area contributed by atoms with Gasteiger partial charge in [0.2, 0.25) is 0 Å². The molecular weight excluding hydrogens is 220 g/mol. The van der Waals surface area contributed by atoms with Gasteiger partial charge in [0.15, 0.2) is 0 Å². The molecule has 0 aromatic carbocycles. The van der Waals surface area contributed by atoms with Crippen molar-refractivity contribution in [3.8, 4) is 0 Å². The van der Waals surface area contributed by atoms with E-state index >= 15 is 0 Å². The van der Waals surface area contributed by atoms with Crippen molar-refractivity contribution < 1.29 is 4.74 Å². The summed E-state index contributed by atoms with van der Waals surface area (Å²) >= 11 is 1.74. The van der Waals surface area contributed by atoms with Crippen LogP contribution in [0.4, 0.5) is 0 Å². The molecule has 4 heteroatoms. The van der Waals surface area contributed by atoms with Gasteiger partial charge in [-0.25, -0.2) is 4.98 Å². The maximum Gasteiger partial charge on any atom is 0.122 e. The van der Waals surface area contributed by atoms with Crippen LogP contribution in [0.1, 0.15) is 60.2 Å². The minimum Gasteiger partial charge on any atom is -0.374 e. The molecule has 1 heterocycles. The summed E-state index contributed by atoms with van der Waals surface area (Å²) in [6.07, 6.45) is 4.88. The van der Waals surface area contributed by atoms with Gasteiger partial charge < -0.3 is 10.5 Å². The fourth-order valence-electron chi connectivity index (χ4n) is 1.95. The van der Waals surface area contributed by atoms with Crippen LogP contribution in [0.2, 0.25) is 0 Å². The third-order valence-electron chi connectivity index (χ3n) is 3.00. The SMILES string of the molecule is CCCC(OC)c1nc(C2CC2)c(CN)s1. The van der Waals surface area contributed by atoms with Crippen LogP contribution < -0.4 is 5.73 Å². The molecule has 2 N–H and O–H groups in total. The third-order valence-corrected chi connectivity index (χ3v) is 4.19. The average Bonchev–Trinajstić information content (AvgIpc) is 3.06. The summed E-state index contributed by atoms with van der Waals surface area (Å²) in [5.41, 5.74) is 7.03. The summed E-state index contributed by atoms with van der Waals surface area (Å²) in [6.45, 7) is 2.79. The molecule has 1 atom stereocenters. The number of rotatable bonds is 6. The summed E-state index contributed by atoms with van der Waals surface area (Å²) in [7, 11) is 1.76. The van der Waals surface area contributed by atoms with Gasteiger partial charge in [-0.05, 0) is 19.3 Å². The van der Waals surface area contributed by atoms with Crippen LogP contribution in [0.3, 0.4) is 0 Å². The summed E-state index contributed by atoms with van der Waals surface area (Å²) in [4.78, 5) is 6.01. The Kier molecular flexibility index (Phi) is 3.95. The Morgan fingerprint density at radius 3 is 2.81 bits per heavy atom. The molecule has 0 bridgehead atoms. The minimum atomic E-state index is 0.160. The molecule has 90 valence electrons. The van der Waals surface area contributed by atoms with Crippen molar-refractivity contribution in [1.29, 1.82) is 0 Å². The first-order valence-corrected chi connectivity index (χ1v) is 6.84. The topological polar surface area (TPSA) is 48.1 Å². The van der Waals surface area contributed by atoms with Gasteiger partial charge in [0.1, 0.15) is 11.1 Å². The quantitative estimate of drug-likeness (QED) is 0.831. The molecule has 1 aliphatic carbocycles. The molecule has 16 heavy (non-hydrogen) atoms. The molecule has 1 saturated carbocycles. The van der Waals surface area contributed by atoms with E-state index in [9.17, 15) is 0 Å². The van der Waals surface area contributed by atoms with Crippen LogP contribution in [-0.2, 0) is 11.3 Å². The average molecular weight is 240 g/mol. The Labute approximate surface area is 101 Å².